The van der Waals surface area contributed by atoms with Crippen molar-refractivity contribution in [2.24, 2.45) is 5.92 Å². The minimum Gasteiger partial charge on any atom is -0.324 e. The number of hydrogen-bond acceptors (Lipinski definition) is 4. The van der Waals surface area contributed by atoms with Gasteiger partial charge in [0, 0.05) is 26.8 Å². The molecule has 0 unspecified atom stereocenters. The first-order chi connectivity index (χ1) is 10.8. The average molecular weight is 358 g/mol. The van der Waals surface area contributed by atoms with E-state index >= 15 is 0 Å². The van der Waals surface area contributed by atoms with Crippen molar-refractivity contribution in [1.82, 2.24) is 13.8 Å². The predicted molar refractivity (Wildman–Crippen MR) is 95.3 cm³/mol. The zero-order valence-electron chi connectivity index (χ0n) is 14.2. The molecule has 130 valence electrons. The molecule has 0 saturated heterocycles. The molecule has 0 N–H and O–H groups in total. The maximum Gasteiger partial charge on any atom is 0.244 e. The molecule has 1 fully saturated rings. The van der Waals surface area contributed by atoms with E-state index in [1.807, 2.05) is 4.57 Å². The van der Waals surface area contributed by atoms with Crippen LogP contribution >= 0.6 is 12.2 Å². The Morgan fingerprint density at radius 1 is 1.17 bits per heavy atom. The van der Waals surface area contributed by atoms with Gasteiger partial charge in [0.1, 0.15) is 4.64 Å². The second-order valence-corrected chi connectivity index (χ2v) is 9.21. The molecule has 0 aliphatic heterocycles. The Morgan fingerprint density at radius 2 is 1.83 bits per heavy atom. The van der Waals surface area contributed by atoms with E-state index in [1.165, 1.54) is 50.5 Å². The molecule has 1 heterocycles. The molecule has 1 aliphatic rings. The second-order valence-electron chi connectivity index (χ2n) is 6.64. The summed E-state index contributed by atoms with van der Waals surface area (Å²) in [6.45, 7) is 1.65. The van der Waals surface area contributed by atoms with Crippen molar-refractivity contribution < 1.29 is 8.42 Å². The summed E-state index contributed by atoms with van der Waals surface area (Å²) in [5, 5.41) is 0. The number of pyridine rings is 1. The maximum atomic E-state index is 12.3. The molecular weight excluding hydrogens is 330 g/mol. The standard InChI is InChI=1S/C16H27N3O2S2/c1-17(2)23(20,21)15-9-10-16(22)19(12-15)13-18(3)11-14-7-5-4-6-8-14/h9-10,12,14H,4-8,11,13H2,1-3H3. The Morgan fingerprint density at radius 3 is 2.43 bits per heavy atom. The van der Waals surface area contributed by atoms with Crippen molar-refractivity contribution in [3.05, 3.63) is 23.0 Å². The van der Waals surface area contributed by atoms with Gasteiger partial charge < -0.3 is 4.57 Å². The van der Waals surface area contributed by atoms with Crippen molar-refractivity contribution in [2.75, 3.05) is 27.7 Å². The van der Waals surface area contributed by atoms with Crippen LogP contribution in [0.25, 0.3) is 0 Å². The SMILES string of the molecule is CN(CC1CCCCC1)Cn1cc(S(=O)(=O)N(C)C)ccc1=S. The lowest BCUT2D eigenvalue weighted by Crippen LogP contribution is -2.30. The fourth-order valence-electron chi connectivity index (χ4n) is 3.11. The Balaban J connectivity index is 2.11. The van der Waals surface area contributed by atoms with Crippen molar-refractivity contribution in [3.8, 4) is 0 Å². The van der Waals surface area contributed by atoms with Crippen LogP contribution in [0.2, 0.25) is 0 Å². The predicted octanol–water partition coefficient (Wildman–Crippen LogP) is 2.94. The van der Waals surface area contributed by atoms with E-state index < -0.39 is 10.0 Å². The molecule has 1 aromatic heterocycles. The van der Waals surface area contributed by atoms with E-state index in [-0.39, 0.29) is 4.90 Å². The molecule has 1 aliphatic carbocycles. The van der Waals surface area contributed by atoms with Crippen LogP contribution in [0.4, 0.5) is 0 Å². The molecule has 0 atom stereocenters. The van der Waals surface area contributed by atoms with Crippen LogP contribution in [0, 0.1) is 10.6 Å². The van der Waals surface area contributed by atoms with Gasteiger partial charge in [-0.3, -0.25) is 4.90 Å². The fraction of sp³-hybridized carbons (Fsp3) is 0.688. The van der Waals surface area contributed by atoms with E-state index in [1.54, 1.807) is 18.3 Å². The molecule has 0 radical (unpaired) electrons. The summed E-state index contributed by atoms with van der Waals surface area (Å²) in [4.78, 5) is 2.51. The lowest BCUT2D eigenvalue weighted by molar-refractivity contribution is 0.196. The maximum absolute atomic E-state index is 12.3. The summed E-state index contributed by atoms with van der Waals surface area (Å²) < 4.78 is 28.2. The normalized spacial score (nSPS) is 17.1. The summed E-state index contributed by atoms with van der Waals surface area (Å²) >= 11 is 5.35. The summed E-state index contributed by atoms with van der Waals surface area (Å²) in [5.41, 5.74) is 0. The van der Waals surface area contributed by atoms with E-state index in [0.29, 0.717) is 11.3 Å². The summed E-state index contributed by atoms with van der Waals surface area (Å²) in [6.07, 6.45) is 8.25. The quantitative estimate of drug-likeness (QED) is 0.735. The number of rotatable bonds is 6. The van der Waals surface area contributed by atoms with Gasteiger partial charge in [-0.05, 0) is 37.9 Å². The van der Waals surface area contributed by atoms with Gasteiger partial charge in [-0.15, -0.1) is 0 Å². The second kappa shape index (κ2) is 7.88. The van der Waals surface area contributed by atoms with Crippen LogP contribution in [0.5, 0.6) is 0 Å². The number of hydrogen-bond donors (Lipinski definition) is 0. The Bertz CT molecular complexity index is 677. The first-order valence-corrected chi connectivity index (χ1v) is 9.97. The molecule has 5 nitrogen and oxygen atoms in total. The van der Waals surface area contributed by atoms with Crippen LogP contribution in [0.3, 0.4) is 0 Å². The monoisotopic (exact) mass is 357 g/mol. The molecule has 1 saturated carbocycles. The van der Waals surface area contributed by atoms with Crippen molar-refractivity contribution in [3.63, 3.8) is 0 Å². The summed E-state index contributed by atoms with van der Waals surface area (Å²) in [6, 6.07) is 3.27. The topological polar surface area (TPSA) is 45.6 Å². The lowest BCUT2D eigenvalue weighted by atomic mass is 9.89. The van der Waals surface area contributed by atoms with Gasteiger partial charge >= 0.3 is 0 Å². The minimum absolute atomic E-state index is 0.280. The molecule has 2 rings (SSSR count). The van der Waals surface area contributed by atoms with Crippen LogP contribution in [-0.4, -0.2) is 49.9 Å². The van der Waals surface area contributed by atoms with E-state index in [9.17, 15) is 8.42 Å². The van der Waals surface area contributed by atoms with Gasteiger partial charge in [0.25, 0.3) is 0 Å². The Kier molecular flexibility index (Phi) is 6.36. The summed E-state index contributed by atoms with van der Waals surface area (Å²) in [5.74, 6) is 0.747. The van der Waals surface area contributed by atoms with Gasteiger partial charge in [0.15, 0.2) is 0 Å². The Labute approximate surface area is 145 Å². The summed E-state index contributed by atoms with van der Waals surface area (Å²) in [7, 11) is 1.72. The van der Waals surface area contributed by atoms with Crippen molar-refractivity contribution >= 4 is 22.2 Å². The largest absolute Gasteiger partial charge is 0.324 e. The lowest BCUT2D eigenvalue weighted by Gasteiger charge is -2.27. The molecule has 1 aromatic rings. The average Bonchev–Trinajstić information content (AvgIpc) is 2.50. The van der Waals surface area contributed by atoms with Crippen LogP contribution in [0.1, 0.15) is 32.1 Å². The zero-order chi connectivity index (χ0) is 17.0. The van der Waals surface area contributed by atoms with Gasteiger partial charge in [0.2, 0.25) is 10.0 Å². The van der Waals surface area contributed by atoms with Crippen molar-refractivity contribution in [2.45, 2.75) is 43.7 Å². The van der Waals surface area contributed by atoms with Gasteiger partial charge in [-0.25, -0.2) is 12.7 Å². The van der Waals surface area contributed by atoms with Gasteiger partial charge in [0.05, 0.1) is 11.6 Å². The third kappa shape index (κ3) is 4.86. The first kappa shape index (κ1) is 18.6. The molecule has 0 aromatic carbocycles. The fourth-order valence-corrected chi connectivity index (χ4v) is 4.21. The molecule has 0 bridgehead atoms. The molecule has 0 amide bonds. The van der Waals surface area contributed by atoms with Crippen LogP contribution in [0.15, 0.2) is 23.2 Å². The highest BCUT2D eigenvalue weighted by Gasteiger charge is 2.19. The number of sulfonamides is 1. The highest BCUT2D eigenvalue weighted by molar-refractivity contribution is 7.89. The van der Waals surface area contributed by atoms with Crippen LogP contribution in [-0.2, 0) is 16.7 Å². The van der Waals surface area contributed by atoms with Gasteiger partial charge in [-0.2, -0.15) is 0 Å². The molecule has 0 spiro atoms. The molecule has 23 heavy (non-hydrogen) atoms. The highest BCUT2D eigenvalue weighted by Crippen LogP contribution is 2.24. The van der Waals surface area contributed by atoms with E-state index in [2.05, 4.69) is 11.9 Å². The minimum atomic E-state index is -3.43. The molecular formula is C16H27N3O2S2. The number of nitrogens with zero attached hydrogens (tertiary/aromatic N) is 3. The third-order valence-electron chi connectivity index (χ3n) is 4.42. The third-order valence-corrected chi connectivity index (χ3v) is 6.59. The van der Waals surface area contributed by atoms with E-state index in [4.69, 9.17) is 12.2 Å². The highest BCUT2D eigenvalue weighted by atomic mass is 32.2. The zero-order valence-corrected chi connectivity index (χ0v) is 15.9. The van der Waals surface area contributed by atoms with Crippen molar-refractivity contribution in [1.29, 1.82) is 0 Å². The van der Waals surface area contributed by atoms with Crippen LogP contribution < -0.4 is 0 Å². The smallest absolute Gasteiger partial charge is 0.244 e. The van der Waals surface area contributed by atoms with E-state index in [0.717, 1.165) is 12.5 Å². The number of aromatic nitrogens is 1. The Hall–Kier alpha value is -0.760. The van der Waals surface area contributed by atoms with Gasteiger partial charge in [-0.1, -0.05) is 31.5 Å². The first-order valence-electron chi connectivity index (χ1n) is 8.12. The molecule has 7 heteroatoms.